The van der Waals surface area contributed by atoms with Crippen molar-refractivity contribution in [2.24, 2.45) is 5.41 Å². The second-order valence-corrected chi connectivity index (χ2v) is 10.00. The zero-order valence-electron chi connectivity index (χ0n) is 21.5. The van der Waals surface area contributed by atoms with Crippen molar-refractivity contribution < 1.29 is 37.4 Å². The maximum Gasteiger partial charge on any atom is 0.249 e. The van der Waals surface area contributed by atoms with E-state index in [0.717, 1.165) is 18.3 Å². The number of nitrogens with one attached hydrogen (secondary N) is 1. The van der Waals surface area contributed by atoms with Crippen molar-refractivity contribution in [1.29, 1.82) is 0 Å². The summed E-state index contributed by atoms with van der Waals surface area (Å²) in [6.45, 7) is 1.62. The Labute approximate surface area is 223 Å². The molecule has 0 spiro atoms. The molecule has 0 aliphatic carbocycles. The number of hydrogen-bond donors (Lipinski definition) is 3. The molecule has 210 valence electrons. The van der Waals surface area contributed by atoms with E-state index in [1.165, 1.54) is 7.11 Å². The van der Waals surface area contributed by atoms with Crippen molar-refractivity contribution in [2.75, 3.05) is 26.7 Å². The van der Waals surface area contributed by atoms with Gasteiger partial charge in [0.15, 0.2) is 17.5 Å². The van der Waals surface area contributed by atoms with Crippen LogP contribution in [-0.4, -0.2) is 52.8 Å². The second-order valence-electron chi connectivity index (χ2n) is 10.00. The number of ether oxygens (including phenoxy) is 1. The Morgan fingerprint density at radius 1 is 1.13 bits per heavy atom. The third kappa shape index (κ3) is 6.32. The first-order chi connectivity index (χ1) is 18.7. The number of hydrogen-bond acceptors (Lipinski definition) is 6. The summed E-state index contributed by atoms with van der Waals surface area (Å²) in [6.07, 6.45) is 1.81. The number of carbonyl (C=O) groups excluding carboxylic acids is 1. The van der Waals surface area contributed by atoms with Gasteiger partial charge in [-0.05, 0) is 94.1 Å². The fourth-order valence-corrected chi connectivity index (χ4v) is 5.36. The highest BCUT2D eigenvalue weighted by Crippen LogP contribution is 2.40. The Balaban J connectivity index is 1.39. The number of aryl methyl sites for hydroxylation is 1. The molecule has 1 fully saturated rings. The molecule has 4 rings (SSSR count). The fourth-order valence-electron chi connectivity index (χ4n) is 5.36. The zero-order valence-corrected chi connectivity index (χ0v) is 21.5. The van der Waals surface area contributed by atoms with Crippen molar-refractivity contribution in [3.05, 3.63) is 70.9 Å². The van der Waals surface area contributed by atoms with Crippen LogP contribution in [0.3, 0.4) is 0 Å². The standard InChI is InChI=1S/C28H31F4N3O4/c1-39-18-4-5-23-19(15-18)25(22(31)16-33-23)24(36)6-7-28(27(37)34-38)8-11-35(12-9-28)10-2-3-17-13-20(29)26(32)21(30)14-17/h4-5,13-16,24,36,38H,2-3,6-12H2,1H3,(H,34,37)/t24-/m1/s1. The summed E-state index contributed by atoms with van der Waals surface area (Å²) in [5.41, 5.74) is 1.71. The summed E-state index contributed by atoms with van der Waals surface area (Å²) in [7, 11) is 1.48. The molecule has 2 aromatic carbocycles. The molecule has 39 heavy (non-hydrogen) atoms. The highest BCUT2D eigenvalue weighted by molar-refractivity contribution is 5.84. The predicted molar refractivity (Wildman–Crippen MR) is 135 cm³/mol. The third-order valence-electron chi connectivity index (χ3n) is 7.68. The Morgan fingerprint density at radius 3 is 2.46 bits per heavy atom. The average molecular weight is 550 g/mol. The lowest BCUT2D eigenvalue weighted by atomic mass is 9.73. The zero-order chi connectivity index (χ0) is 28.2. The van der Waals surface area contributed by atoms with Gasteiger partial charge >= 0.3 is 0 Å². The largest absolute Gasteiger partial charge is 0.497 e. The van der Waals surface area contributed by atoms with Crippen molar-refractivity contribution in [3.8, 4) is 5.75 Å². The van der Waals surface area contributed by atoms with Gasteiger partial charge in [0.25, 0.3) is 0 Å². The minimum Gasteiger partial charge on any atom is -0.497 e. The third-order valence-corrected chi connectivity index (χ3v) is 7.68. The van der Waals surface area contributed by atoms with Gasteiger partial charge in [0.1, 0.15) is 11.6 Å². The molecule has 11 heteroatoms. The first-order valence-electron chi connectivity index (χ1n) is 12.8. The Kier molecular flexibility index (Phi) is 9.04. The number of likely N-dealkylation sites (tertiary alicyclic amines) is 1. The molecular weight excluding hydrogens is 518 g/mol. The van der Waals surface area contributed by atoms with Gasteiger partial charge in [0.2, 0.25) is 5.91 Å². The number of rotatable bonds is 10. The molecule has 2 heterocycles. The van der Waals surface area contributed by atoms with Crippen LogP contribution in [0.2, 0.25) is 0 Å². The smallest absolute Gasteiger partial charge is 0.249 e. The van der Waals surface area contributed by atoms with Gasteiger partial charge in [-0.3, -0.25) is 15.0 Å². The maximum absolute atomic E-state index is 14.8. The molecule has 3 N–H and O–H groups in total. The number of aliphatic hydroxyl groups is 1. The van der Waals surface area contributed by atoms with E-state index in [1.54, 1.807) is 23.7 Å². The van der Waals surface area contributed by atoms with E-state index in [0.29, 0.717) is 67.5 Å². The van der Waals surface area contributed by atoms with E-state index in [4.69, 9.17) is 4.74 Å². The average Bonchev–Trinajstić information content (AvgIpc) is 2.94. The summed E-state index contributed by atoms with van der Waals surface area (Å²) >= 11 is 0. The number of hydroxylamine groups is 1. The van der Waals surface area contributed by atoms with E-state index in [2.05, 4.69) is 9.88 Å². The highest BCUT2D eigenvalue weighted by Gasteiger charge is 2.41. The molecule has 0 unspecified atom stereocenters. The van der Waals surface area contributed by atoms with Crippen LogP contribution < -0.4 is 10.2 Å². The Bertz CT molecular complexity index is 1310. The van der Waals surface area contributed by atoms with Gasteiger partial charge in [-0.1, -0.05) is 0 Å². The van der Waals surface area contributed by atoms with Gasteiger partial charge in [-0.25, -0.2) is 23.0 Å². The number of benzene rings is 2. The molecule has 0 radical (unpaired) electrons. The predicted octanol–water partition coefficient (Wildman–Crippen LogP) is 4.83. The van der Waals surface area contributed by atoms with E-state index in [-0.39, 0.29) is 18.4 Å². The first-order valence-corrected chi connectivity index (χ1v) is 12.8. The van der Waals surface area contributed by atoms with Crippen LogP contribution >= 0.6 is 0 Å². The monoisotopic (exact) mass is 549 g/mol. The number of carbonyl (C=O) groups is 1. The maximum atomic E-state index is 14.8. The van der Waals surface area contributed by atoms with Gasteiger partial charge in [-0.15, -0.1) is 0 Å². The lowest BCUT2D eigenvalue weighted by molar-refractivity contribution is -0.143. The Morgan fingerprint density at radius 2 is 1.82 bits per heavy atom. The van der Waals surface area contributed by atoms with Crippen LogP contribution in [0.15, 0.2) is 36.5 Å². The lowest BCUT2D eigenvalue weighted by Crippen LogP contribution is -2.48. The highest BCUT2D eigenvalue weighted by atomic mass is 19.2. The number of halogens is 4. The van der Waals surface area contributed by atoms with Gasteiger partial charge < -0.3 is 14.7 Å². The van der Waals surface area contributed by atoms with E-state index < -0.39 is 40.7 Å². The lowest BCUT2D eigenvalue weighted by Gasteiger charge is -2.40. The number of aromatic nitrogens is 1. The SMILES string of the molecule is COc1ccc2ncc(F)c([C@H](O)CCC3(C(=O)NO)CCN(CCCc4cc(F)c(F)c(F)c4)CC3)c2c1. The van der Waals surface area contributed by atoms with E-state index in [9.17, 15) is 32.7 Å². The van der Waals surface area contributed by atoms with Crippen LogP contribution in [-0.2, 0) is 11.2 Å². The van der Waals surface area contributed by atoms with Crippen molar-refractivity contribution in [2.45, 2.75) is 44.6 Å². The molecule has 1 aromatic heterocycles. The summed E-state index contributed by atoms with van der Waals surface area (Å²) in [6, 6.07) is 6.94. The van der Waals surface area contributed by atoms with Crippen LogP contribution in [0.1, 0.15) is 49.3 Å². The van der Waals surface area contributed by atoms with E-state index >= 15 is 0 Å². The Hall–Kier alpha value is -3.28. The van der Waals surface area contributed by atoms with Crippen LogP contribution in [0.4, 0.5) is 17.6 Å². The number of amides is 1. The first kappa shape index (κ1) is 28.7. The van der Waals surface area contributed by atoms with Crippen molar-refractivity contribution in [3.63, 3.8) is 0 Å². The molecular formula is C28H31F4N3O4. The molecule has 1 aliphatic heterocycles. The summed E-state index contributed by atoms with van der Waals surface area (Å²) in [5.74, 6) is -4.67. The minimum atomic E-state index is -1.49. The van der Waals surface area contributed by atoms with E-state index in [1.807, 2.05) is 0 Å². The van der Waals surface area contributed by atoms with Crippen LogP contribution in [0.25, 0.3) is 10.9 Å². The van der Waals surface area contributed by atoms with Crippen molar-refractivity contribution >= 4 is 16.8 Å². The normalized spacial score (nSPS) is 16.3. The summed E-state index contributed by atoms with van der Waals surface area (Å²) in [4.78, 5) is 18.9. The molecule has 1 aliphatic rings. The number of fused-ring (bicyclic) bond motifs is 1. The number of piperidine rings is 1. The van der Waals surface area contributed by atoms with Crippen molar-refractivity contribution in [1.82, 2.24) is 15.4 Å². The van der Waals surface area contributed by atoms with Crippen LogP contribution in [0, 0.1) is 28.7 Å². The molecule has 3 aromatic rings. The number of methoxy groups -OCH3 is 1. The van der Waals surface area contributed by atoms with Gasteiger partial charge in [0, 0.05) is 10.9 Å². The fraction of sp³-hybridized carbons (Fsp3) is 0.429. The number of pyridine rings is 1. The minimum absolute atomic E-state index is 0.0718. The molecule has 1 amide bonds. The molecule has 0 bridgehead atoms. The summed E-state index contributed by atoms with van der Waals surface area (Å²) < 4.78 is 60.1. The molecule has 7 nitrogen and oxygen atoms in total. The topological polar surface area (TPSA) is 94.9 Å². The van der Waals surface area contributed by atoms with Gasteiger partial charge in [0.05, 0.1) is 30.3 Å². The summed E-state index contributed by atoms with van der Waals surface area (Å²) in [5, 5.41) is 20.8. The molecule has 0 saturated carbocycles. The second kappa shape index (κ2) is 12.3. The molecule has 1 saturated heterocycles. The van der Waals surface area contributed by atoms with Gasteiger partial charge in [-0.2, -0.15) is 0 Å². The number of aliphatic hydroxyl groups excluding tert-OH is 1. The number of nitrogens with zero attached hydrogens (tertiary/aromatic N) is 2. The molecule has 1 atom stereocenters. The quantitative estimate of drug-likeness (QED) is 0.145. The van der Waals surface area contributed by atoms with Crippen LogP contribution in [0.5, 0.6) is 5.75 Å².